The highest BCUT2D eigenvalue weighted by atomic mass is 16.5. The van der Waals surface area contributed by atoms with Crippen molar-refractivity contribution in [2.75, 3.05) is 17.6 Å². The number of ether oxygens (including phenoxy) is 1. The number of nitrogen functional groups attached to an aromatic ring is 1. The molecular formula is C16H28N2O. The van der Waals surface area contributed by atoms with Gasteiger partial charge in [-0.15, -0.1) is 0 Å². The summed E-state index contributed by atoms with van der Waals surface area (Å²) in [5.74, 6) is 1.36. The third-order valence-corrected chi connectivity index (χ3v) is 3.73. The van der Waals surface area contributed by atoms with E-state index in [1.165, 1.54) is 0 Å². The second kappa shape index (κ2) is 6.18. The minimum atomic E-state index is 0.129. The summed E-state index contributed by atoms with van der Waals surface area (Å²) in [6.45, 7) is 13.9. The van der Waals surface area contributed by atoms with Crippen LogP contribution in [0.1, 0.15) is 41.5 Å². The van der Waals surface area contributed by atoms with Crippen molar-refractivity contribution in [1.82, 2.24) is 0 Å². The van der Waals surface area contributed by atoms with Gasteiger partial charge in [0.25, 0.3) is 0 Å². The van der Waals surface area contributed by atoms with Gasteiger partial charge in [0.05, 0.1) is 17.5 Å². The Morgan fingerprint density at radius 2 is 1.84 bits per heavy atom. The maximum atomic E-state index is 6.15. The summed E-state index contributed by atoms with van der Waals surface area (Å²) < 4.78 is 5.70. The van der Waals surface area contributed by atoms with Gasteiger partial charge < -0.3 is 15.8 Å². The monoisotopic (exact) mass is 264 g/mol. The van der Waals surface area contributed by atoms with E-state index in [-0.39, 0.29) is 11.5 Å². The van der Waals surface area contributed by atoms with Gasteiger partial charge >= 0.3 is 0 Å². The molecule has 0 spiro atoms. The van der Waals surface area contributed by atoms with Gasteiger partial charge in [-0.3, -0.25) is 0 Å². The number of benzene rings is 1. The Morgan fingerprint density at radius 1 is 1.21 bits per heavy atom. The van der Waals surface area contributed by atoms with Crippen molar-refractivity contribution in [1.29, 1.82) is 0 Å². The molecule has 1 rings (SSSR count). The van der Waals surface area contributed by atoms with Gasteiger partial charge in [0.2, 0.25) is 0 Å². The van der Waals surface area contributed by atoms with E-state index < -0.39 is 0 Å². The molecule has 3 heteroatoms. The summed E-state index contributed by atoms with van der Waals surface area (Å²) >= 11 is 0. The second-order valence-electron chi connectivity index (χ2n) is 6.38. The van der Waals surface area contributed by atoms with Crippen molar-refractivity contribution in [2.45, 2.75) is 47.6 Å². The van der Waals surface area contributed by atoms with Crippen LogP contribution in [0.5, 0.6) is 5.75 Å². The molecule has 19 heavy (non-hydrogen) atoms. The number of nitrogens with two attached hydrogens (primary N) is 1. The fraction of sp³-hybridized carbons (Fsp3) is 0.625. The first kappa shape index (κ1) is 15.7. The molecule has 0 unspecified atom stereocenters. The highest BCUT2D eigenvalue weighted by Gasteiger charge is 2.22. The molecule has 0 bridgehead atoms. The molecule has 0 atom stereocenters. The van der Waals surface area contributed by atoms with Crippen molar-refractivity contribution in [3.05, 3.63) is 18.2 Å². The lowest BCUT2D eigenvalue weighted by Crippen LogP contribution is -2.28. The summed E-state index contributed by atoms with van der Waals surface area (Å²) in [4.78, 5) is 0. The molecule has 3 N–H and O–H groups in total. The van der Waals surface area contributed by atoms with Crippen LogP contribution in [0.25, 0.3) is 0 Å². The standard InChI is InChI=1S/C16H28N2O/c1-11(2)16(5,6)10-18-13-8-7-9-14(15(13)17)19-12(3)4/h7-9,11-12,18H,10,17H2,1-6H3. The number of hydrogen-bond donors (Lipinski definition) is 2. The smallest absolute Gasteiger partial charge is 0.144 e. The molecule has 0 saturated carbocycles. The van der Waals surface area contributed by atoms with E-state index in [0.717, 1.165) is 18.0 Å². The number of hydrogen-bond acceptors (Lipinski definition) is 3. The van der Waals surface area contributed by atoms with Crippen LogP contribution in [0.15, 0.2) is 18.2 Å². The van der Waals surface area contributed by atoms with Crippen molar-refractivity contribution >= 4 is 11.4 Å². The summed E-state index contributed by atoms with van der Waals surface area (Å²) in [7, 11) is 0. The van der Waals surface area contributed by atoms with Gasteiger partial charge in [-0.1, -0.05) is 33.8 Å². The minimum absolute atomic E-state index is 0.129. The van der Waals surface area contributed by atoms with Gasteiger partial charge in [-0.25, -0.2) is 0 Å². The van der Waals surface area contributed by atoms with Crippen LogP contribution in [0.4, 0.5) is 11.4 Å². The van der Waals surface area contributed by atoms with Crippen LogP contribution in [-0.2, 0) is 0 Å². The van der Waals surface area contributed by atoms with E-state index in [1.807, 2.05) is 32.0 Å². The highest BCUT2D eigenvalue weighted by Crippen LogP contribution is 2.32. The third-order valence-electron chi connectivity index (χ3n) is 3.73. The Bertz CT molecular complexity index is 411. The van der Waals surface area contributed by atoms with Gasteiger partial charge in [-0.05, 0) is 37.3 Å². The molecule has 108 valence electrons. The second-order valence-corrected chi connectivity index (χ2v) is 6.38. The largest absolute Gasteiger partial charge is 0.489 e. The van der Waals surface area contributed by atoms with Gasteiger partial charge in [0, 0.05) is 6.54 Å². The lowest BCUT2D eigenvalue weighted by atomic mass is 9.81. The Balaban J connectivity index is 2.80. The Hall–Kier alpha value is -1.38. The highest BCUT2D eigenvalue weighted by molar-refractivity contribution is 5.73. The molecule has 1 aromatic carbocycles. The normalized spacial score (nSPS) is 12.0. The van der Waals surface area contributed by atoms with Gasteiger partial charge in [-0.2, -0.15) is 0 Å². The molecule has 0 aliphatic rings. The van der Waals surface area contributed by atoms with Crippen LogP contribution in [0.3, 0.4) is 0 Å². The maximum Gasteiger partial charge on any atom is 0.144 e. The quantitative estimate of drug-likeness (QED) is 0.759. The lowest BCUT2D eigenvalue weighted by molar-refractivity contribution is 0.244. The number of para-hydroxylation sites is 1. The molecular weight excluding hydrogens is 236 g/mol. The molecule has 0 amide bonds. The van der Waals surface area contributed by atoms with Crippen LogP contribution in [-0.4, -0.2) is 12.6 Å². The Morgan fingerprint density at radius 3 is 2.37 bits per heavy atom. The summed E-state index contributed by atoms with van der Waals surface area (Å²) in [6, 6.07) is 5.88. The number of anilines is 2. The van der Waals surface area contributed by atoms with Crippen molar-refractivity contribution in [3.8, 4) is 5.75 Å². The van der Waals surface area contributed by atoms with Crippen LogP contribution in [0, 0.1) is 11.3 Å². The van der Waals surface area contributed by atoms with E-state index in [2.05, 4.69) is 33.0 Å². The molecule has 0 heterocycles. The Labute approximate surface area is 117 Å². The zero-order valence-corrected chi connectivity index (χ0v) is 13.1. The van der Waals surface area contributed by atoms with Crippen molar-refractivity contribution in [3.63, 3.8) is 0 Å². The van der Waals surface area contributed by atoms with E-state index in [0.29, 0.717) is 11.6 Å². The predicted molar refractivity (Wildman–Crippen MR) is 83.7 cm³/mol. The Kier molecular flexibility index (Phi) is 5.10. The average Bonchev–Trinajstić information content (AvgIpc) is 2.29. The van der Waals surface area contributed by atoms with Crippen molar-refractivity contribution in [2.24, 2.45) is 11.3 Å². The first-order valence-corrected chi connectivity index (χ1v) is 7.03. The van der Waals surface area contributed by atoms with E-state index in [9.17, 15) is 0 Å². The molecule has 0 aliphatic carbocycles. The first-order chi connectivity index (χ1) is 8.74. The lowest BCUT2D eigenvalue weighted by Gasteiger charge is -2.30. The van der Waals surface area contributed by atoms with E-state index in [4.69, 9.17) is 10.5 Å². The van der Waals surface area contributed by atoms with Crippen LogP contribution in [0.2, 0.25) is 0 Å². The van der Waals surface area contributed by atoms with E-state index in [1.54, 1.807) is 0 Å². The molecule has 1 aromatic rings. The van der Waals surface area contributed by atoms with Crippen LogP contribution < -0.4 is 15.8 Å². The predicted octanol–water partition coefficient (Wildman–Crippen LogP) is 4.15. The first-order valence-electron chi connectivity index (χ1n) is 7.03. The number of rotatable bonds is 6. The molecule has 0 fully saturated rings. The van der Waals surface area contributed by atoms with Crippen molar-refractivity contribution < 1.29 is 4.74 Å². The van der Waals surface area contributed by atoms with Gasteiger partial charge in [0.15, 0.2) is 0 Å². The van der Waals surface area contributed by atoms with Crippen LogP contribution >= 0.6 is 0 Å². The third kappa shape index (κ3) is 4.34. The molecule has 3 nitrogen and oxygen atoms in total. The van der Waals surface area contributed by atoms with E-state index >= 15 is 0 Å². The fourth-order valence-electron chi connectivity index (χ4n) is 1.58. The molecule has 0 radical (unpaired) electrons. The summed E-state index contributed by atoms with van der Waals surface area (Å²) in [5, 5.41) is 3.44. The van der Waals surface area contributed by atoms with Gasteiger partial charge in [0.1, 0.15) is 5.75 Å². The molecule has 0 aromatic heterocycles. The summed E-state index contributed by atoms with van der Waals surface area (Å²) in [6.07, 6.45) is 0.129. The number of nitrogens with one attached hydrogen (secondary N) is 1. The topological polar surface area (TPSA) is 47.3 Å². The fourth-order valence-corrected chi connectivity index (χ4v) is 1.58. The molecule has 0 saturated heterocycles. The minimum Gasteiger partial charge on any atom is -0.489 e. The zero-order chi connectivity index (χ0) is 14.6. The maximum absolute atomic E-state index is 6.15. The summed E-state index contributed by atoms with van der Waals surface area (Å²) in [5.41, 5.74) is 8.01. The molecule has 0 aliphatic heterocycles. The zero-order valence-electron chi connectivity index (χ0n) is 13.1. The SMILES string of the molecule is CC(C)Oc1cccc(NCC(C)(C)C(C)C)c1N. The average molecular weight is 264 g/mol.